The third kappa shape index (κ3) is 3.98. The molecule has 2 N–H and O–H groups in total. The van der Waals surface area contributed by atoms with Crippen molar-refractivity contribution in [3.63, 3.8) is 0 Å². The highest BCUT2D eigenvalue weighted by atomic mass is 35.5. The molecule has 0 unspecified atom stereocenters. The SMILES string of the molecule is O=C(COc1ccc(Cl)cc1Cl)Nc1nc2c(s1)C(=O)NCCC2. The number of nitrogens with one attached hydrogen (secondary N) is 2. The summed E-state index contributed by atoms with van der Waals surface area (Å²) >= 11 is 12.9. The minimum atomic E-state index is -0.384. The van der Waals surface area contributed by atoms with E-state index in [1.54, 1.807) is 12.1 Å². The first-order chi connectivity index (χ1) is 11.5. The first-order valence-corrected chi connectivity index (χ1v) is 8.76. The Hall–Kier alpha value is -1.83. The number of fused-ring (bicyclic) bond motifs is 1. The van der Waals surface area contributed by atoms with Crippen molar-refractivity contribution >= 4 is 51.5 Å². The Balaban J connectivity index is 1.61. The van der Waals surface area contributed by atoms with Crippen LogP contribution in [0.2, 0.25) is 10.0 Å². The van der Waals surface area contributed by atoms with E-state index in [-0.39, 0.29) is 18.4 Å². The van der Waals surface area contributed by atoms with Crippen LogP contribution in [0, 0.1) is 0 Å². The number of halogens is 2. The monoisotopic (exact) mass is 385 g/mol. The Labute approximate surface area is 152 Å². The van der Waals surface area contributed by atoms with Gasteiger partial charge in [0.05, 0.1) is 10.7 Å². The number of nitrogens with zero attached hydrogens (tertiary/aromatic N) is 1. The maximum absolute atomic E-state index is 12.0. The van der Waals surface area contributed by atoms with E-state index in [9.17, 15) is 9.59 Å². The zero-order valence-corrected chi connectivity index (χ0v) is 14.7. The number of amides is 2. The van der Waals surface area contributed by atoms with Crippen molar-refractivity contribution in [1.29, 1.82) is 0 Å². The molecule has 1 aromatic heterocycles. The van der Waals surface area contributed by atoms with E-state index < -0.39 is 0 Å². The lowest BCUT2D eigenvalue weighted by molar-refractivity contribution is -0.118. The predicted octanol–water partition coefficient (Wildman–Crippen LogP) is 3.14. The van der Waals surface area contributed by atoms with Crippen molar-refractivity contribution in [1.82, 2.24) is 10.3 Å². The van der Waals surface area contributed by atoms with Gasteiger partial charge in [0, 0.05) is 11.6 Å². The van der Waals surface area contributed by atoms with E-state index in [2.05, 4.69) is 15.6 Å². The molecule has 0 bridgehead atoms. The number of aromatic nitrogens is 1. The maximum atomic E-state index is 12.0. The molecule has 0 saturated heterocycles. The number of ether oxygens (including phenoxy) is 1. The normalized spacial score (nSPS) is 13.7. The molecule has 0 radical (unpaired) electrons. The summed E-state index contributed by atoms with van der Waals surface area (Å²) in [7, 11) is 0. The van der Waals surface area contributed by atoms with Gasteiger partial charge in [-0.05, 0) is 31.0 Å². The number of aryl methyl sites for hydroxylation is 1. The molecule has 2 amide bonds. The van der Waals surface area contributed by atoms with Crippen molar-refractivity contribution in [3.8, 4) is 5.75 Å². The van der Waals surface area contributed by atoms with E-state index in [1.165, 1.54) is 6.07 Å². The van der Waals surface area contributed by atoms with Crippen molar-refractivity contribution in [3.05, 3.63) is 38.8 Å². The molecular formula is C15H13Cl2N3O3S. The number of benzene rings is 1. The van der Waals surface area contributed by atoms with E-state index in [1.807, 2.05) is 0 Å². The quantitative estimate of drug-likeness (QED) is 0.846. The topological polar surface area (TPSA) is 80.3 Å². The van der Waals surface area contributed by atoms with Crippen LogP contribution in [0.1, 0.15) is 21.8 Å². The summed E-state index contributed by atoms with van der Waals surface area (Å²) in [6, 6.07) is 4.75. The van der Waals surface area contributed by atoms with Crippen molar-refractivity contribution < 1.29 is 14.3 Å². The lowest BCUT2D eigenvalue weighted by Gasteiger charge is -2.07. The van der Waals surface area contributed by atoms with Crippen LogP contribution in [0.3, 0.4) is 0 Å². The molecule has 2 heterocycles. The molecule has 0 aliphatic carbocycles. The van der Waals surface area contributed by atoms with Gasteiger partial charge in [0.15, 0.2) is 11.7 Å². The van der Waals surface area contributed by atoms with Gasteiger partial charge in [-0.15, -0.1) is 0 Å². The second kappa shape index (κ2) is 7.38. The number of thiazole rings is 1. The molecule has 2 aromatic rings. The van der Waals surface area contributed by atoms with Crippen LogP contribution in [0.5, 0.6) is 5.75 Å². The average Bonchev–Trinajstić information content (AvgIpc) is 2.85. The number of rotatable bonds is 4. The van der Waals surface area contributed by atoms with Crippen LogP contribution in [-0.4, -0.2) is 29.9 Å². The van der Waals surface area contributed by atoms with E-state index in [4.69, 9.17) is 27.9 Å². The molecule has 0 spiro atoms. The van der Waals surface area contributed by atoms with Gasteiger partial charge in [0.25, 0.3) is 11.8 Å². The Kier molecular flexibility index (Phi) is 5.23. The van der Waals surface area contributed by atoms with Gasteiger partial charge in [-0.25, -0.2) is 4.98 Å². The Morgan fingerprint density at radius 3 is 3.04 bits per heavy atom. The standard InChI is InChI=1S/C15H13Cl2N3O3S/c16-8-3-4-11(9(17)6-8)23-7-12(21)20-15-19-10-2-1-5-18-14(22)13(10)24-15/h3-4,6H,1-2,5,7H2,(H,18,22)(H,19,20,21). The maximum Gasteiger partial charge on any atom is 0.264 e. The Morgan fingerprint density at radius 2 is 2.25 bits per heavy atom. The van der Waals surface area contributed by atoms with E-state index >= 15 is 0 Å². The molecule has 0 saturated carbocycles. The zero-order valence-electron chi connectivity index (χ0n) is 12.4. The molecular weight excluding hydrogens is 373 g/mol. The number of anilines is 1. The number of carbonyl (C=O) groups excluding carboxylic acids is 2. The second-order valence-corrected chi connectivity index (χ2v) is 6.91. The highest BCUT2D eigenvalue weighted by Gasteiger charge is 2.21. The smallest absolute Gasteiger partial charge is 0.264 e. The van der Waals surface area contributed by atoms with Gasteiger partial charge in [0.2, 0.25) is 0 Å². The molecule has 0 fully saturated rings. The third-order valence-corrected chi connectivity index (χ3v) is 4.82. The number of hydrogen-bond acceptors (Lipinski definition) is 5. The summed E-state index contributed by atoms with van der Waals surface area (Å²) in [5, 5.41) is 6.62. The number of carbonyl (C=O) groups is 2. The fraction of sp³-hybridized carbons (Fsp3) is 0.267. The average molecular weight is 386 g/mol. The van der Waals surface area contributed by atoms with Gasteiger partial charge in [-0.1, -0.05) is 34.5 Å². The van der Waals surface area contributed by atoms with Crippen LogP contribution >= 0.6 is 34.5 Å². The van der Waals surface area contributed by atoms with Crippen LogP contribution in [0.4, 0.5) is 5.13 Å². The van der Waals surface area contributed by atoms with Crippen LogP contribution in [0.25, 0.3) is 0 Å². The summed E-state index contributed by atoms with van der Waals surface area (Å²) in [5.41, 5.74) is 0.715. The van der Waals surface area contributed by atoms with E-state index in [0.717, 1.165) is 17.8 Å². The highest BCUT2D eigenvalue weighted by molar-refractivity contribution is 7.17. The molecule has 6 nitrogen and oxygen atoms in total. The summed E-state index contributed by atoms with van der Waals surface area (Å²) in [4.78, 5) is 28.7. The van der Waals surface area contributed by atoms with Crippen LogP contribution in [0.15, 0.2) is 18.2 Å². The third-order valence-electron chi connectivity index (χ3n) is 3.28. The Morgan fingerprint density at radius 1 is 1.42 bits per heavy atom. The molecule has 9 heteroatoms. The first-order valence-electron chi connectivity index (χ1n) is 7.18. The first kappa shape index (κ1) is 17.0. The molecule has 1 aromatic carbocycles. The summed E-state index contributed by atoms with van der Waals surface area (Å²) in [6.45, 7) is 0.414. The minimum Gasteiger partial charge on any atom is -0.482 e. The van der Waals surface area contributed by atoms with Crippen molar-refractivity contribution in [2.24, 2.45) is 0 Å². The van der Waals surface area contributed by atoms with Gasteiger partial charge in [0.1, 0.15) is 10.6 Å². The lowest BCUT2D eigenvalue weighted by atomic mass is 10.2. The minimum absolute atomic E-state index is 0.148. The van der Waals surface area contributed by atoms with E-state index in [0.29, 0.717) is 44.5 Å². The molecule has 3 rings (SSSR count). The summed E-state index contributed by atoms with van der Waals surface area (Å²) in [6.07, 6.45) is 1.53. The number of hydrogen-bond donors (Lipinski definition) is 2. The highest BCUT2D eigenvalue weighted by Crippen LogP contribution is 2.28. The van der Waals surface area contributed by atoms with Crippen LogP contribution in [-0.2, 0) is 11.2 Å². The Bertz CT molecular complexity index is 794. The van der Waals surface area contributed by atoms with Gasteiger partial charge in [-0.2, -0.15) is 0 Å². The summed E-state index contributed by atoms with van der Waals surface area (Å²) in [5.74, 6) is -0.166. The second-order valence-electron chi connectivity index (χ2n) is 5.07. The molecule has 1 aliphatic rings. The fourth-order valence-corrected chi connectivity index (χ4v) is 3.59. The summed E-state index contributed by atoms with van der Waals surface area (Å²) < 4.78 is 5.36. The van der Waals surface area contributed by atoms with Crippen LogP contribution < -0.4 is 15.4 Å². The van der Waals surface area contributed by atoms with Gasteiger partial charge < -0.3 is 10.1 Å². The zero-order chi connectivity index (χ0) is 17.1. The van der Waals surface area contributed by atoms with Crippen molar-refractivity contribution in [2.75, 3.05) is 18.5 Å². The molecule has 126 valence electrons. The molecule has 1 aliphatic heterocycles. The largest absolute Gasteiger partial charge is 0.482 e. The van der Waals surface area contributed by atoms with Crippen molar-refractivity contribution in [2.45, 2.75) is 12.8 Å². The fourth-order valence-electron chi connectivity index (χ4n) is 2.18. The lowest BCUT2D eigenvalue weighted by Crippen LogP contribution is -2.21. The predicted molar refractivity (Wildman–Crippen MR) is 93.4 cm³/mol. The van der Waals surface area contributed by atoms with Gasteiger partial charge in [-0.3, -0.25) is 14.9 Å². The molecule has 24 heavy (non-hydrogen) atoms. The molecule has 0 atom stereocenters. The van der Waals surface area contributed by atoms with Gasteiger partial charge >= 0.3 is 0 Å².